The number of anilines is 2. The van der Waals surface area contributed by atoms with Crippen molar-refractivity contribution in [3.8, 4) is 5.75 Å². The highest BCUT2D eigenvalue weighted by Crippen LogP contribution is 2.24. The summed E-state index contributed by atoms with van der Waals surface area (Å²) >= 11 is 0. The van der Waals surface area contributed by atoms with Crippen molar-refractivity contribution >= 4 is 31.4 Å². The van der Waals surface area contributed by atoms with Crippen molar-refractivity contribution in [1.82, 2.24) is 0 Å². The van der Waals surface area contributed by atoms with Crippen molar-refractivity contribution in [3.05, 3.63) is 48.0 Å². The van der Waals surface area contributed by atoms with Crippen molar-refractivity contribution in [1.29, 1.82) is 0 Å². The van der Waals surface area contributed by atoms with Gasteiger partial charge in [0.15, 0.2) is 0 Å². The number of nitrogens with one attached hydrogen (secondary N) is 2. The minimum atomic E-state index is -3.91. The molecule has 0 atom stereocenters. The molecule has 8 nitrogen and oxygen atoms in total. The molecule has 0 unspecified atom stereocenters. The summed E-state index contributed by atoms with van der Waals surface area (Å²) in [5, 5.41) is 0. The van der Waals surface area contributed by atoms with Crippen LogP contribution in [0, 0.1) is 6.92 Å². The van der Waals surface area contributed by atoms with Gasteiger partial charge in [-0.3, -0.25) is 9.44 Å². The second kappa shape index (κ2) is 9.47. The first-order valence-corrected chi connectivity index (χ1v) is 12.1. The van der Waals surface area contributed by atoms with Crippen LogP contribution in [-0.2, 0) is 24.8 Å². The summed E-state index contributed by atoms with van der Waals surface area (Å²) in [7, 11) is -6.08. The summed E-state index contributed by atoms with van der Waals surface area (Å²) in [6.07, 6.45) is -0.0792. The van der Waals surface area contributed by atoms with E-state index in [4.69, 9.17) is 9.47 Å². The van der Waals surface area contributed by atoms with Crippen LogP contribution in [-0.4, -0.2) is 42.4 Å². The van der Waals surface area contributed by atoms with Gasteiger partial charge in [-0.25, -0.2) is 16.8 Å². The molecular formula is C19H26N2O6S2. The molecule has 0 aliphatic rings. The third-order valence-corrected chi connectivity index (χ3v) is 6.54. The molecule has 0 saturated heterocycles. The van der Waals surface area contributed by atoms with Gasteiger partial charge in [-0.1, -0.05) is 6.07 Å². The van der Waals surface area contributed by atoms with Crippen LogP contribution in [0.2, 0.25) is 0 Å². The summed E-state index contributed by atoms with van der Waals surface area (Å²) in [6, 6.07) is 10.7. The van der Waals surface area contributed by atoms with Gasteiger partial charge in [0, 0.05) is 5.69 Å². The summed E-state index contributed by atoms with van der Waals surface area (Å²) in [5.41, 5.74) is 1.16. The van der Waals surface area contributed by atoms with Crippen molar-refractivity contribution < 1.29 is 26.3 Å². The zero-order valence-electron chi connectivity index (χ0n) is 16.8. The maximum atomic E-state index is 12.7. The highest BCUT2D eigenvalue weighted by molar-refractivity contribution is 7.93. The average Bonchev–Trinajstić information content (AvgIpc) is 2.63. The van der Waals surface area contributed by atoms with E-state index in [1.54, 1.807) is 37.3 Å². The van der Waals surface area contributed by atoms with Gasteiger partial charge in [0.05, 0.1) is 36.2 Å². The molecule has 0 fully saturated rings. The first-order valence-electron chi connectivity index (χ1n) is 8.92. The zero-order valence-corrected chi connectivity index (χ0v) is 18.4. The number of sulfonamides is 2. The standard InChI is InChI=1S/C19H26N2O6S2/c1-14(2)27-11-12-28(22,23)21-19-13-18(10-5-15(19)3)29(24,25)20-16-6-8-17(26-4)9-7-16/h5-10,13-14,20-21H,11-12H2,1-4H3. The van der Waals surface area contributed by atoms with E-state index < -0.39 is 20.0 Å². The SMILES string of the molecule is COc1ccc(NS(=O)(=O)c2ccc(C)c(NS(=O)(=O)CCOC(C)C)c2)cc1. The molecule has 2 N–H and O–H groups in total. The summed E-state index contributed by atoms with van der Waals surface area (Å²) < 4.78 is 65.2. The molecule has 0 aliphatic heterocycles. The third kappa shape index (κ3) is 6.91. The lowest BCUT2D eigenvalue weighted by molar-refractivity contribution is 0.0913. The molecule has 29 heavy (non-hydrogen) atoms. The second-order valence-electron chi connectivity index (χ2n) is 6.65. The molecular weight excluding hydrogens is 416 g/mol. The summed E-state index contributed by atoms with van der Waals surface area (Å²) in [6.45, 7) is 5.36. The van der Waals surface area contributed by atoms with Crippen LogP contribution in [0.25, 0.3) is 0 Å². The Bertz CT molecular complexity index is 1030. The first-order chi connectivity index (χ1) is 13.5. The molecule has 0 amide bonds. The monoisotopic (exact) mass is 442 g/mol. The first kappa shape index (κ1) is 23.0. The molecule has 0 spiro atoms. The van der Waals surface area contributed by atoms with Crippen LogP contribution in [0.1, 0.15) is 19.4 Å². The Balaban J connectivity index is 2.19. The quantitative estimate of drug-likeness (QED) is 0.585. The fourth-order valence-corrected chi connectivity index (χ4v) is 4.42. The Hall–Kier alpha value is -2.30. The Morgan fingerprint density at radius 1 is 0.966 bits per heavy atom. The highest BCUT2D eigenvalue weighted by atomic mass is 32.2. The van der Waals surface area contributed by atoms with Crippen LogP contribution < -0.4 is 14.2 Å². The zero-order chi connectivity index (χ0) is 21.7. The molecule has 0 aromatic heterocycles. The van der Waals surface area contributed by atoms with E-state index in [1.165, 1.54) is 19.2 Å². The van der Waals surface area contributed by atoms with Crippen LogP contribution in [0.3, 0.4) is 0 Å². The molecule has 0 saturated carbocycles. The van der Waals surface area contributed by atoms with Crippen molar-refractivity contribution in [2.45, 2.75) is 31.8 Å². The van der Waals surface area contributed by atoms with Crippen LogP contribution in [0.4, 0.5) is 11.4 Å². The minimum Gasteiger partial charge on any atom is -0.497 e. The largest absolute Gasteiger partial charge is 0.497 e. The van der Waals surface area contributed by atoms with E-state index >= 15 is 0 Å². The number of hydrogen-bond acceptors (Lipinski definition) is 6. The normalized spacial score (nSPS) is 12.0. The van der Waals surface area contributed by atoms with Gasteiger partial charge in [-0.05, 0) is 62.7 Å². The lowest BCUT2D eigenvalue weighted by atomic mass is 10.2. The van der Waals surface area contributed by atoms with Gasteiger partial charge in [-0.2, -0.15) is 0 Å². The number of aryl methyl sites for hydroxylation is 1. The highest BCUT2D eigenvalue weighted by Gasteiger charge is 2.18. The lowest BCUT2D eigenvalue weighted by Crippen LogP contribution is -2.22. The average molecular weight is 443 g/mol. The van der Waals surface area contributed by atoms with E-state index in [-0.39, 0.29) is 29.0 Å². The maximum absolute atomic E-state index is 12.7. The number of hydrogen-bond donors (Lipinski definition) is 2. The lowest BCUT2D eigenvalue weighted by Gasteiger charge is -2.14. The molecule has 0 heterocycles. The molecule has 2 aromatic rings. The van der Waals surface area contributed by atoms with Crippen LogP contribution >= 0.6 is 0 Å². The predicted molar refractivity (Wildman–Crippen MR) is 113 cm³/mol. The smallest absolute Gasteiger partial charge is 0.261 e. The molecule has 0 bridgehead atoms. The van der Waals surface area contributed by atoms with Gasteiger partial charge >= 0.3 is 0 Å². The van der Waals surface area contributed by atoms with Crippen molar-refractivity contribution in [2.75, 3.05) is 28.9 Å². The second-order valence-corrected chi connectivity index (χ2v) is 10.2. The number of benzene rings is 2. The third-order valence-electron chi connectivity index (χ3n) is 3.93. The molecule has 160 valence electrons. The van der Waals surface area contributed by atoms with E-state index in [1.807, 2.05) is 13.8 Å². The molecule has 0 aliphatic carbocycles. The number of rotatable bonds is 10. The Kier molecular flexibility index (Phi) is 7.50. The summed E-state index contributed by atoms with van der Waals surface area (Å²) in [4.78, 5) is -0.0601. The Morgan fingerprint density at radius 2 is 1.62 bits per heavy atom. The fraction of sp³-hybridized carbons (Fsp3) is 0.368. The Labute approximate surface area is 172 Å². The topological polar surface area (TPSA) is 111 Å². The molecule has 2 aromatic carbocycles. The Morgan fingerprint density at radius 3 is 2.21 bits per heavy atom. The van der Waals surface area contributed by atoms with E-state index in [0.717, 1.165) is 0 Å². The molecule has 2 rings (SSSR count). The van der Waals surface area contributed by atoms with Gasteiger partial charge in [0.25, 0.3) is 10.0 Å². The van der Waals surface area contributed by atoms with Gasteiger partial charge in [0.1, 0.15) is 5.75 Å². The van der Waals surface area contributed by atoms with Crippen molar-refractivity contribution in [2.24, 2.45) is 0 Å². The van der Waals surface area contributed by atoms with Gasteiger partial charge in [0.2, 0.25) is 10.0 Å². The number of ether oxygens (including phenoxy) is 2. The van der Waals surface area contributed by atoms with E-state index in [2.05, 4.69) is 9.44 Å². The maximum Gasteiger partial charge on any atom is 0.261 e. The predicted octanol–water partition coefficient (Wildman–Crippen LogP) is 2.97. The van der Waals surface area contributed by atoms with Crippen LogP contribution in [0.5, 0.6) is 5.75 Å². The van der Waals surface area contributed by atoms with Crippen molar-refractivity contribution in [3.63, 3.8) is 0 Å². The van der Waals surface area contributed by atoms with E-state index in [0.29, 0.717) is 17.0 Å². The number of methoxy groups -OCH3 is 1. The van der Waals surface area contributed by atoms with Gasteiger partial charge in [-0.15, -0.1) is 0 Å². The fourth-order valence-electron chi connectivity index (χ4n) is 2.36. The summed E-state index contributed by atoms with van der Waals surface area (Å²) in [5.74, 6) is 0.368. The minimum absolute atomic E-state index is 0.0447. The van der Waals surface area contributed by atoms with Crippen LogP contribution in [0.15, 0.2) is 47.4 Å². The van der Waals surface area contributed by atoms with E-state index in [9.17, 15) is 16.8 Å². The molecule has 0 radical (unpaired) electrons. The molecule has 10 heteroatoms. The van der Waals surface area contributed by atoms with Gasteiger partial charge < -0.3 is 9.47 Å².